The molecule has 170 valence electrons. The summed E-state index contributed by atoms with van der Waals surface area (Å²) < 4.78 is 41.0. The molecule has 32 heavy (non-hydrogen) atoms. The Kier molecular flexibility index (Phi) is 6.24. The minimum atomic E-state index is -3.83. The lowest BCUT2D eigenvalue weighted by atomic mass is 10.1. The molecule has 1 fully saturated rings. The van der Waals surface area contributed by atoms with Crippen LogP contribution < -0.4 is 14.9 Å². The van der Waals surface area contributed by atoms with Crippen LogP contribution in [0.5, 0.6) is 0 Å². The molecule has 1 aliphatic heterocycles. The second-order valence-corrected chi connectivity index (χ2v) is 10.3. The SMILES string of the molecule is C[C@H]1Cc2cc(S(=O)(=O)NCCC(=O)Nc3ccc(F)c(Cl)c3)ccc2N1C(=O)C1CC1. The van der Waals surface area contributed by atoms with Crippen LogP contribution in [0.3, 0.4) is 0 Å². The summed E-state index contributed by atoms with van der Waals surface area (Å²) in [4.78, 5) is 26.5. The summed E-state index contributed by atoms with van der Waals surface area (Å²) in [5, 5.41) is 2.42. The van der Waals surface area contributed by atoms with Crippen LogP contribution in [-0.2, 0) is 26.0 Å². The number of hydrogen-bond donors (Lipinski definition) is 2. The Morgan fingerprint density at radius 2 is 1.94 bits per heavy atom. The lowest BCUT2D eigenvalue weighted by molar-refractivity contribution is -0.120. The molecule has 1 atom stereocenters. The van der Waals surface area contributed by atoms with Crippen molar-refractivity contribution in [2.24, 2.45) is 5.92 Å². The van der Waals surface area contributed by atoms with Gasteiger partial charge in [-0.1, -0.05) is 11.6 Å². The van der Waals surface area contributed by atoms with Crippen LogP contribution >= 0.6 is 11.6 Å². The number of amides is 2. The van der Waals surface area contributed by atoms with Crippen molar-refractivity contribution >= 4 is 44.8 Å². The molecule has 7 nitrogen and oxygen atoms in total. The third-order valence-corrected chi connectivity index (χ3v) is 7.34. The zero-order valence-electron chi connectivity index (χ0n) is 17.4. The van der Waals surface area contributed by atoms with Crippen molar-refractivity contribution in [2.75, 3.05) is 16.8 Å². The van der Waals surface area contributed by atoms with E-state index in [2.05, 4.69) is 10.0 Å². The van der Waals surface area contributed by atoms with Gasteiger partial charge in [-0.2, -0.15) is 0 Å². The molecule has 4 rings (SSSR count). The van der Waals surface area contributed by atoms with Gasteiger partial charge < -0.3 is 10.2 Å². The molecule has 2 aromatic rings. The first-order chi connectivity index (χ1) is 15.2. The number of benzene rings is 2. The Labute approximate surface area is 191 Å². The van der Waals surface area contributed by atoms with E-state index in [1.165, 1.54) is 18.2 Å². The van der Waals surface area contributed by atoms with Gasteiger partial charge in [-0.15, -0.1) is 0 Å². The van der Waals surface area contributed by atoms with Crippen molar-refractivity contribution in [2.45, 2.75) is 43.5 Å². The molecule has 2 amide bonds. The van der Waals surface area contributed by atoms with Gasteiger partial charge in [-0.25, -0.2) is 17.5 Å². The number of hydrogen-bond acceptors (Lipinski definition) is 4. The number of rotatable bonds is 7. The van der Waals surface area contributed by atoms with Gasteiger partial charge in [0.05, 0.1) is 9.92 Å². The molecule has 2 aliphatic rings. The Hall–Kier alpha value is -2.49. The fraction of sp³-hybridized carbons (Fsp3) is 0.364. The Morgan fingerprint density at radius 3 is 2.62 bits per heavy atom. The van der Waals surface area contributed by atoms with Crippen molar-refractivity contribution in [3.8, 4) is 0 Å². The molecule has 0 saturated heterocycles. The van der Waals surface area contributed by atoms with E-state index in [9.17, 15) is 22.4 Å². The minimum Gasteiger partial charge on any atom is -0.326 e. The standard InChI is InChI=1S/C22H23ClFN3O4S/c1-13-10-15-11-17(5-7-20(15)27(13)22(29)14-2-3-14)32(30,31)25-9-8-21(28)26-16-4-6-19(24)18(23)12-16/h4-7,11-14,25H,2-3,8-10H2,1H3,(H,26,28)/t13-/m0/s1. The average Bonchev–Trinajstić information content (AvgIpc) is 3.52. The summed E-state index contributed by atoms with van der Waals surface area (Å²) in [5.41, 5.74) is 1.91. The van der Waals surface area contributed by atoms with E-state index in [0.29, 0.717) is 12.1 Å². The Balaban J connectivity index is 1.36. The van der Waals surface area contributed by atoms with Crippen LogP contribution in [0.15, 0.2) is 41.3 Å². The summed E-state index contributed by atoms with van der Waals surface area (Å²) in [6.07, 6.45) is 2.31. The maximum Gasteiger partial charge on any atom is 0.240 e. The van der Waals surface area contributed by atoms with Gasteiger partial charge in [0, 0.05) is 36.3 Å². The first kappa shape index (κ1) is 22.7. The molecule has 0 aromatic heterocycles. The third kappa shape index (κ3) is 4.79. The number of sulfonamides is 1. The molecule has 0 radical (unpaired) electrons. The second-order valence-electron chi connectivity index (χ2n) is 8.15. The first-order valence-corrected chi connectivity index (χ1v) is 12.2. The van der Waals surface area contributed by atoms with Crippen LogP contribution in [0.1, 0.15) is 31.7 Å². The number of anilines is 2. The molecule has 2 aromatic carbocycles. The summed E-state index contributed by atoms with van der Waals surface area (Å²) in [5.74, 6) is -0.836. The molecule has 0 bridgehead atoms. The second kappa shape index (κ2) is 8.80. The van der Waals surface area contributed by atoms with Crippen LogP contribution in [0, 0.1) is 11.7 Å². The number of carbonyl (C=O) groups excluding carboxylic acids is 2. The highest BCUT2D eigenvalue weighted by Gasteiger charge is 2.39. The number of fused-ring (bicyclic) bond motifs is 1. The number of nitrogens with zero attached hydrogens (tertiary/aromatic N) is 1. The normalized spacial score (nSPS) is 17.8. The van der Waals surface area contributed by atoms with E-state index in [-0.39, 0.29) is 40.8 Å². The molecular formula is C22H23ClFN3O4S. The van der Waals surface area contributed by atoms with Crippen molar-refractivity contribution in [3.05, 3.63) is 52.8 Å². The molecule has 1 aliphatic carbocycles. The van der Waals surface area contributed by atoms with E-state index >= 15 is 0 Å². The summed E-state index contributed by atoms with van der Waals surface area (Å²) in [7, 11) is -3.83. The molecule has 2 N–H and O–H groups in total. The van der Waals surface area contributed by atoms with Crippen molar-refractivity contribution in [1.82, 2.24) is 4.72 Å². The predicted octanol–water partition coefficient (Wildman–Crippen LogP) is 3.47. The number of nitrogens with one attached hydrogen (secondary N) is 2. The zero-order chi connectivity index (χ0) is 23.0. The van der Waals surface area contributed by atoms with Crippen LogP contribution in [0.2, 0.25) is 5.02 Å². The van der Waals surface area contributed by atoms with Crippen molar-refractivity contribution in [3.63, 3.8) is 0 Å². The van der Waals surface area contributed by atoms with Gasteiger partial charge >= 0.3 is 0 Å². The summed E-state index contributed by atoms with van der Waals surface area (Å²) in [6.45, 7) is 1.85. The van der Waals surface area contributed by atoms with Gasteiger partial charge in [-0.3, -0.25) is 9.59 Å². The molecule has 0 spiro atoms. The van der Waals surface area contributed by atoms with Crippen LogP contribution in [0.4, 0.5) is 15.8 Å². The molecular weight excluding hydrogens is 457 g/mol. The average molecular weight is 480 g/mol. The van der Waals surface area contributed by atoms with E-state index in [1.54, 1.807) is 17.0 Å². The number of halogens is 2. The van der Waals surface area contributed by atoms with E-state index < -0.39 is 21.7 Å². The quantitative estimate of drug-likeness (QED) is 0.635. The van der Waals surface area contributed by atoms with Crippen LogP contribution in [0.25, 0.3) is 0 Å². The maximum atomic E-state index is 13.2. The van der Waals surface area contributed by atoms with Crippen LogP contribution in [-0.4, -0.2) is 32.8 Å². The predicted molar refractivity (Wildman–Crippen MR) is 120 cm³/mol. The first-order valence-electron chi connectivity index (χ1n) is 10.4. The Bertz CT molecular complexity index is 1180. The van der Waals surface area contributed by atoms with E-state index in [1.807, 2.05) is 6.92 Å². The third-order valence-electron chi connectivity index (χ3n) is 5.59. The fourth-order valence-electron chi connectivity index (χ4n) is 3.82. The molecule has 0 unspecified atom stereocenters. The van der Waals surface area contributed by atoms with Gasteiger partial charge in [0.2, 0.25) is 21.8 Å². The lowest BCUT2D eigenvalue weighted by Gasteiger charge is -2.22. The largest absolute Gasteiger partial charge is 0.326 e. The maximum absolute atomic E-state index is 13.2. The highest BCUT2D eigenvalue weighted by molar-refractivity contribution is 7.89. The highest BCUT2D eigenvalue weighted by atomic mass is 35.5. The van der Waals surface area contributed by atoms with Gasteiger partial charge in [0.15, 0.2) is 0 Å². The van der Waals surface area contributed by atoms with Crippen molar-refractivity contribution in [1.29, 1.82) is 0 Å². The highest BCUT2D eigenvalue weighted by Crippen LogP contribution is 2.39. The fourth-order valence-corrected chi connectivity index (χ4v) is 5.08. The van der Waals surface area contributed by atoms with E-state index in [4.69, 9.17) is 11.6 Å². The monoisotopic (exact) mass is 479 g/mol. The van der Waals surface area contributed by atoms with Gasteiger partial charge in [-0.05, 0) is 68.1 Å². The van der Waals surface area contributed by atoms with Gasteiger partial charge in [0.25, 0.3) is 0 Å². The zero-order valence-corrected chi connectivity index (χ0v) is 19.0. The summed E-state index contributed by atoms with van der Waals surface area (Å²) >= 11 is 5.68. The molecule has 1 saturated carbocycles. The minimum absolute atomic E-state index is 0.00678. The number of carbonyl (C=O) groups is 2. The van der Waals surface area contributed by atoms with E-state index in [0.717, 1.165) is 30.2 Å². The van der Waals surface area contributed by atoms with Gasteiger partial charge in [0.1, 0.15) is 5.82 Å². The lowest BCUT2D eigenvalue weighted by Crippen LogP contribution is -2.36. The molecule has 1 heterocycles. The summed E-state index contributed by atoms with van der Waals surface area (Å²) in [6, 6.07) is 8.52. The topological polar surface area (TPSA) is 95.6 Å². The molecule has 10 heteroatoms. The smallest absolute Gasteiger partial charge is 0.240 e. The Morgan fingerprint density at radius 1 is 1.19 bits per heavy atom. The van der Waals surface area contributed by atoms with Crippen molar-refractivity contribution < 1.29 is 22.4 Å².